The van der Waals surface area contributed by atoms with E-state index >= 15 is 0 Å². The van der Waals surface area contributed by atoms with Gasteiger partial charge in [-0.2, -0.15) is 0 Å². The highest BCUT2D eigenvalue weighted by molar-refractivity contribution is 4.70. The summed E-state index contributed by atoms with van der Waals surface area (Å²) in [6.07, 6.45) is -0.486. The van der Waals surface area contributed by atoms with Crippen molar-refractivity contribution < 1.29 is 9.50 Å². The minimum Gasteiger partial charge on any atom is -0.246 e. The Labute approximate surface area is 54.3 Å². The molecule has 1 aliphatic rings. The first-order valence-corrected chi connectivity index (χ1v) is 3.27. The summed E-state index contributed by atoms with van der Waals surface area (Å²) < 4.78 is 12.6. The minimum absolute atomic E-state index is 0.534. The van der Waals surface area contributed by atoms with Crippen molar-refractivity contribution in [2.24, 2.45) is 0 Å². The molecule has 0 spiro atoms. The fourth-order valence-corrected chi connectivity index (χ4v) is 1.16. The van der Waals surface area contributed by atoms with E-state index in [0.717, 1.165) is 6.42 Å². The highest BCUT2D eigenvalue weighted by atomic mass is 19.1. The van der Waals surface area contributed by atoms with Crippen LogP contribution in [0.25, 0.3) is 0 Å². The quantitative estimate of drug-likeness (QED) is 0.491. The molecule has 0 saturated carbocycles. The maximum Gasteiger partial charge on any atom is 0.155 e. The van der Waals surface area contributed by atoms with Crippen LogP contribution in [0.4, 0.5) is 4.39 Å². The molecule has 2 atom stereocenters. The first kappa shape index (κ1) is 6.96. The standard InChI is InChI=1S/C6H11FNO/c1-5(9)8-4-2-3-6(8)7/h5-6H,2-4H2,1H3. The van der Waals surface area contributed by atoms with E-state index in [4.69, 9.17) is 0 Å². The molecule has 1 saturated heterocycles. The zero-order valence-corrected chi connectivity index (χ0v) is 5.51. The fraction of sp³-hybridized carbons (Fsp3) is 1.00. The van der Waals surface area contributed by atoms with Gasteiger partial charge in [0, 0.05) is 6.54 Å². The molecule has 1 radical (unpaired) electrons. The number of alkyl halides is 1. The molecule has 2 nitrogen and oxygen atoms in total. The monoisotopic (exact) mass is 132 g/mol. The molecule has 1 fully saturated rings. The Bertz CT molecular complexity index is 97.1. The number of rotatable bonds is 1. The van der Waals surface area contributed by atoms with Gasteiger partial charge in [0.2, 0.25) is 0 Å². The van der Waals surface area contributed by atoms with Gasteiger partial charge in [0.1, 0.15) is 6.23 Å². The van der Waals surface area contributed by atoms with Gasteiger partial charge < -0.3 is 0 Å². The second-order valence-electron chi connectivity index (χ2n) is 2.41. The third-order valence-electron chi connectivity index (χ3n) is 1.69. The molecule has 1 rings (SSSR count). The molecule has 1 aliphatic heterocycles. The number of nitrogens with zero attached hydrogens (tertiary/aromatic N) is 1. The van der Waals surface area contributed by atoms with Crippen LogP contribution < -0.4 is 0 Å². The third kappa shape index (κ3) is 1.40. The summed E-state index contributed by atoms with van der Waals surface area (Å²) in [5.74, 6) is 0. The molecule has 3 heteroatoms. The molecule has 2 unspecified atom stereocenters. The molecule has 0 aromatic heterocycles. The lowest BCUT2D eigenvalue weighted by atomic mass is 10.4. The Kier molecular flexibility index (Phi) is 2.03. The summed E-state index contributed by atoms with van der Waals surface area (Å²) in [5.41, 5.74) is 0. The molecule has 0 aromatic carbocycles. The molecule has 53 valence electrons. The van der Waals surface area contributed by atoms with Crippen molar-refractivity contribution >= 4 is 0 Å². The van der Waals surface area contributed by atoms with Crippen molar-refractivity contribution in [3.8, 4) is 0 Å². The largest absolute Gasteiger partial charge is 0.246 e. The first-order valence-electron chi connectivity index (χ1n) is 3.27. The second kappa shape index (κ2) is 2.62. The smallest absolute Gasteiger partial charge is 0.155 e. The third-order valence-corrected chi connectivity index (χ3v) is 1.69. The SMILES string of the molecule is CC([O])N1CCCC1F. The van der Waals surface area contributed by atoms with Gasteiger partial charge in [0.25, 0.3) is 0 Å². The van der Waals surface area contributed by atoms with Crippen LogP contribution in [0, 0.1) is 0 Å². The van der Waals surface area contributed by atoms with Crippen molar-refractivity contribution in [1.82, 2.24) is 4.90 Å². The van der Waals surface area contributed by atoms with Crippen LogP contribution >= 0.6 is 0 Å². The van der Waals surface area contributed by atoms with Crippen LogP contribution in [0.5, 0.6) is 0 Å². The predicted molar refractivity (Wildman–Crippen MR) is 31.0 cm³/mol. The molecule has 0 N–H and O–H groups in total. The van der Waals surface area contributed by atoms with E-state index in [9.17, 15) is 9.50 Å². The summed E-state index contributed by atoms with van der Waals surface area (Å²) in [6.45, 7) is 2.11. The van der Waals surface area contributed by atoms with E-state index in [1.165, 1.54) is 11.8 Å². The van der Waals surface area contributed by atoms with E-state index in [0.29, 0.717) is 13.0 Å². The Balaban J connectivity index is 2.40. The predicted octanol–water partition coefficient (Wildman–Crippen LogP) is 1.15. The molecule has 0 bridgehead atoms. The molecule has 0 amide bonds. The lowest BCUT2D eigenvalue weighted by molar-refractivity contribution is -0.0707. The number of hydrogen-bond acceptors (Lipinski definition) is 1. The zero-order valence-electron chi connectivity index (χ0n) is 5.51. The van der Waals surface area contributed by atoms with Crippen molar-refractivity contribution in [3.05, 3.63) is 0 Å². The van der Waals surface area contributed by atoms with Crippen molar-refractivity contribution in [3.63, 3.8) is 0 Å². The van der Waals surface area contributed by atoms with Crippen molar-refractivity contribution in [2.45, 2.75) is 32.3 Å². The van der Waals surface area contributed by atoms with E-state index in [2.05, 4.69) is 0 Å². The van der Waals surface area contributed by atoms with Crippen molar-refractivity contribution in [2.75, 3.05) is 6.54 Å². The van der Waals surface area contributed by atoms with Gasteiger partial charge in [0.05, 0.1) is 0 Å². The topological polar surface area (TPSA) is 23.1 Å². The Hall–Kier alpha value is -0.150. The molecule has 1 heterocycles. The Morgan fingerprint density at radius 3 is 2.67 bits per heavy atom. The van der Waals surface area contributed by atoms with Crippen molar-refractivity contribution in [1.29, 1.82) is 0 Å². The van der Waals surface area contributed by atoms with Crippen LogP contribution in [-0.2, 0) is 5.11 Å². The zero-order chi connectivity index (χ0) is 6.85. The minimum atomic E-state index is -0.975. The van der Waals surface area contributed by atoms with Gasteiger partial charge >= 0.3 is 0 Å². The number of hydrogen-bond donors (Lipinski definition) is 0. The summed E-state index contributed by atoms with van der Waals surface area (Å²) >= 11 is 0. The summed E-state index contributed by atoms with van der Waals surface area (Å²) in [5, 5.41) is 10.6. The Morgan fingerprint density at radius 1 is 1.78 bits per heavy atom. The normalized spacial score (nSPS) is 33.0. The van der Waals surface area contributed by atoms with Crippen LogP contribution in [0.1, 0.15) is 19.8 Å². The van der Waals surface area contributed by atoms with Gasteiger partial charge in [-0.1, -0.05) is 0 Å². The Morgan fingerprint density at radius 2 is 2.44 bits per heavy atom. The van der Waals surface area contributed by atoms with E-state index in [-0.39, 0.29) is 0 Å². The molecule has 0 aliphatic carbocycles. The number of halogens is 1. The molecule has 9 heavy (non-hydrogen) atoms. The maximum absolute atomic E-state index is 12.6. The lowest BCUT2D eigenvalue weighted by Gasteiger charge is -2.18. The first-order chi connectivity index (χ1) is 4.22. The van der Waals surface area contributed by atoms with Crippen LogP contribution in [-0.4, -0.2) is 24.0 Å². The van der Waals surface area contributed by atoms with Gasteiger partial charge in [0.15, 0.2) is 6.30 Å². The van der Waals surface area contributed by atoms with Gasteiger partial charge in [-0.15, -0.1) is 0 Å². The maximum atomic E-state index is 12.6. The summed E-state index contributed by atoms with van der Waals surface area (Å²) in [6, 6.07) is 0. The average Bonchev–Trinajstić information content (AvgIpc) is 2.13. The van der Waals surface area contributed by atoms with Gasteiger partial charge in [-0.25, -0.2) is 14.4 Å². The molecular formula is C6H11FNO. The highest BCUT2D eigenvalue weighted by Gasteiger charge is 2.27. The highest BCUT2D eigenvalue weighted by Crippen LogP contribution is 2.19. The summed E-state index contributed by atoms with van der Waals surface area (Å²) in [4.78, 5) is 1.35. The molecule has 0 aromatic rings. The molecular weight excluding hydrogens is 121 g/mol. The van der Waals surface area contributed by atoms with E-state index in [1.807, 2.05) is 0 Å². The second-order valence-corrected chi connectivity index (χ2v) is 2.41. The number of likely N-dealkylation sites (tertiary alicyclic amines) is 1. The van der Waals surface area contributed by atoms with Crippen LogP contribution in [0.3, 0.4) is 0 Å². The summed E-state index contributed by atoms with van der Waals surface area (Å²) in [7, 11) is 0. The van der Waals surface area contributed by atoms with Crippen LogP contribution in [0.2, 0.25) is 0 Å². The fourth-order valence-electron chi connectivity index (χ4n) is 1.16. The van der Waals surface area contributed by atoms with Gasteiger partial charge in [-0.3, -0.25) is 0 Å². The van der Waals surface area contributed by atoms with Gasteiger partial charge in [-0.05, 0) is 19.8 Å². The lowest BCUT2D eigenvalue weighted by Crippen LogP contribution is -2.33. The van der Waals surface area contributed by atoms with E-state index < -0.39 is 12.5 Å². The average molecular weight is 132 g/mol. The van der Waals surface area contributed by atoms with E-state index in [1.54, 1.807) is 0 Å². The van der Waals surface area contributed by atoms with Crippen LogP contribution in [0.15, 0.2) is 0 Å².